The number of ether oxygens (including phenoxy) is 1. The van der Waals surface area contributed by atoms with E-state index in [0.29, 0.717) is 6.61 Å². The van der Waals surface area contributed by atoms with E-state index in [1.54, 1.807) is 32.5 Å². The van der Waals surface area contributed by atoms with Crippen molar-refractivity contribution < 1.29 is 9.53 Å². The first-order chi connectivity index (χ1) is 5.81. The molecule has 4 heteroatoms. The van der Waals surface area contributed by atoms with Crippen LogP contribution in [0.5, 0.6) is 0 Å². The third-order valence-electron chi connectivity index (χ3n) is 1.10. The van der Waals surface area contributed by atoms with E-state index in [1.807, 2.05) is 0 Å². The minimum atomic E-state index is -0.118. The molecular formula is C8H14N2O2. The molecule has 0 aromatic heterocycles. The predicted octanol–water partition coefficient (Wildman–Crippen LogP) is 0.00580. The number of rotatable bonds is 5. The van der Waals surface area contributed by atoms with Gasteiger partial charge in [-0.05, 0) is 6.08 Å². The molecule has 0 spiro atoms. The lowest BCUT2D eigenvalue weighted by Gasteiger charge is -1.97. The first kappa shape index (κ1) is 10.8. The van der Waals surface area contributed by atoms with Crippen LogP contribution in [0.25, 0.3) is 0 Å². The Morgan fingerprint density at radius 1 is 1.67 bits per heavy atom. The van der Waals surface area contributed by atoms with Crippen LogP contribution in [-0.2, 0) is 9.53 Å². The van der Waals surface area contributed by atoms with E-state index in [9.17, 15) is 4.79 Å². The van der Waals surface area contributed by atoms with Crippen molar-refractivity contribution in [3.63, 3.8) is 0 Å². The summed E-state index contributed by atoms with van der Waals surface area (Å²) in [6, 6.07) is 0. The fourth-order valence-electron chi connectivity index (χ4n) is 0.494. The molecule has 12 heavy (non-hydrogen) atoms. The van der Waals surface area contributed by atoms with Gasteiger partial charge < -0.3 is 10.1 Å². The Hall–Kier alpha value is -1.16. The minimum Gasteiger partial charge on any atom is -0.368 e. The zero-order valence-corrected chi connectivity index (χ0v) is 7.41. The number of amides is 1. The second-order valence-corrected chi connectivity index (χ2v) is 2.02. The maximum atomic E-state index is 10.6. The van der Waals surface area contributed by atoms with Crippen LogP contribution < -0.4 is 5.32 Å². The molecule has 0 unspecified atom stereocenters. The normalized spacial score (nSPS) is 11.2. The molecule has 0 radical (unpaired) electrons. The fraction of sp³-hybridized carbons (Fsp3) is 0.500. The summed E-state index contributed by atoms with van der Waals surface area (Å²) >= 11 is 0. The highest BCUT2D eigenvalue weighted by Gasteiger charge is 1.93. The Labute approximate surface area is 72.3 Å². The van der Waals surface area contributed by atoms with Crippen molar-refractivity contribution in [2.75, 3.05) is 27.3 Å². The molecule has 0 aliphatic rings. The average Bonchev–Trinajstić information content (AvgIpc) is 2.10. The molecule has 0 aromatic carbocycles. The van der Waals surface area contributed by atoms with Crippen LogP contribution in [0.1, 0.15) is 0 Å². The summed E-state index contributed by atoms with van der Waals surface area (Å²) in [6.07, 6.45) is 5.21. The Morgan fingerprint density at radius 3 is 3.00 bits per heavy atom. The molecule has 0 saturated carbocycles. The van der Waals surface area contributed by atoms with Gasteiger partial charge in [0.15, 0.2) is 0 Å². The largest absolute Gasteiger partial charge is 0.368 e. The number of carbonyl (C=O) groups is 1. The van der Waals surface area contributed by atoms with E-state index >= 15 is 0 Å². The van der Waals surface area contributed by atoms with Gasteiger partial charge in [-0.3, -0.25) is 9.79 Å². The molecule has 0 saturated heterocycles. The van der Waals surface area contributed by atoms with E-state index in [1.165, 1.54) is 0 Å². The molecule has 0 rings (SSSR count). The number of hydrogen-bond donors (Lipinski definition) is 1. The Morgan fingerprint density at radius 2 is 2.42 bits per heavy atom. The first-order valence-corrected chi connectivity index (χ1v) is 3.67. The van der Waals surface area contributed by atoms with Gasteiger partial charge in [-0.25, -0.2) is 0 Å². The summed E-state index contributed by atoms with van der Waals surface area (Å²) in [5.41, 5.74) is 0. The summed E-state index contributed by atoms with van der Waals surface area (Å²) in [4.78, 5) is 14.4. The van der Waals surface area contributed by atoms with Crippen LogP contribution in [0.3, 0.4) is 0 Å². The van der Waals surface area contributed by atoms with E-state index in [4.69, 9.17) is 4.74 Å². The smallest absolute Gasteiger partial charge is 0.245 e. The van der Waals surface area contributed by atoms with Gasteiger partial charge in [0, 0.05) is 20.3 Å². The summed E-state index contributed by atoms with van der Waals surface area (Å²) in [6.45, 7) is 0.531. The van der Waals surface area contributed by atoms with Gasteiger partial charge in [0.2, 0.25) is 5.91 Å². The molecule has 68 valence electrons. The average molecular weight is 170 g/mol. The van der Waals surface area contributed by atoms with E-state index in [0.717, 1.165) is 0 Å². The number of allylic oxidation sites excluding steroid dienone is 1. The van der Waals surface area contributed by atoms with Crippen LogP contribution in [-0.4, -0.2) is 39.4 Å². The highest BCUT2D eigenvalue weighted by Crippen LogP contribution is 1.76. The van der Waals surface area contributed by atoms with E-state index in [2.05, 4.69) is 10.3 Å². The lowest BCUT2D eigenvalue weighted by atomic mass is 10.5. The maximum absolute atomic E-state index is 10.6. The Bertz CT molecular complexity index is 176. The molecule has 0 atom stereocenters. The van der Waals surface area contributed by atoms with Gasteiger partial charge in [-0.15, -0.1) is 0 Å². The molecule has 1 N–H and O–H groups in total. The van der Waals surface area contributed by atoms with Crippen molar-refractivity contribution in [2.45, 2.75) is 0 Å². The van der Waals surface area contributed by atoms with Crippen LogP contribution in [0.15, 0.2) is 17.1 Å². The van der Waals surface area contributed by atoms with Gasteiger partial charge in [-0.1, -0.05) is 6.08 Å². The number of aliphatic imine (C=N–C) groups is 1. The number of likely N-dealkylation sites (N-methyl/N-ethyl adjacent to an activating group) is 1. The lowest BCUT2D eigenvalue weighted by molar-refractivity contribution is -0.124. The van der Waals surface area contributed by atoms with Crippen molar-refractivity contribution in [1.82, 2.24) is 5.32 Å². The summed E-state index contributed by atoms with van der Waals surface area (Å²) in [7, 11) is 3.26. The summed E-state index contributed by atoms with van der Waals surface area (Å²) in [5.74, 6) is -0.118. The monoisotopic (exact) mass is 170 g/mol. The Kier molecular flexibility index (Phi) is 7.17. The van der Waals surface area contributed by atoms with Crippen LogP contribution in [0, 0.1) is 0 Å². The first-order valence-electron chi connectivity index (χ1n) is 3.67. The second-order valence-electron chi connectivity index (χ2n) is 2.02. The van der Waals surface area contributed by atoms with Crippen LogP contribution >= 0.6 is 0 Å². The highest BCUT2D eigenvalue weighted by atomic mass is 16.5. The van der Waals surface area contributed by atoms with Crippen molar-refractivity contribution >= 4 is 12.1 Å². The molecule has 0 bridgehead atoms. The summed E-state index contributed by atoms with van der Waals surface area (Å²) in [5, 5.41) is 2.45. The Balaban J connectivity index is 3.26. The molecule has 1 amide bonds. The quantitative estimate of drug-likeness (QED) is 0.466. The fourth-order valence-corrected chi connectivity index (χ4v) is 0.494. The molecule has 0 heterocycles. The van der Waals surface area contributed by atoms with E-state index < -0.39 is 0 Å². The zero-order valence-electron chi connectivity index (χ0n) is 7.41. The van der Waals surface area contributed by atoms with Gasteiger partial charge in [0.05, 0.1) is 6.61 Å². The number of nitrogens with zero attached hydrogens (tertiary/aromatic N) is 1. The topological polar surface area (TPSA) is 50.7 Å². The highest BCUT2D eigenvalue weighted by molar-refractivity contribution is 5.76. The van der Waals surface area contributed by atoms with Crippen molar-refractivity contribution in [3.8, 4) is 0 Å². The van der Waals surface area contributed by atoms with Gasteiger partial charge in [-0.2, -0.15) is 0 Å². The number of carbonyl (C=O) groups excluding carboxylic acids is 1. The van der Waals surface area contributed by atoms with Gasteiger partial charge in [0.1, 0.15) is 6.61 Å². The lowest BCUT2D eigenvalue weighted by Crippen LogP contribution is -2.23. The molecule has 0 fully saturated rings. The molecule has 0 aliphatic heterocycles. The van der Waals surface area contributed by atoms with Crippen LogP contribution in [0.2, 0.25) is 0 Å². The van der Waals surface area contributed by atoms with Gasteiger partial charge >= 0.3 is 0 Å². The van der Waals surface area contributed by atoms with Crippen molar-refractivity contribution in [2.24, 2.45) is 4.99 Å². The molecule has 4 nitrogen and oxygen atoms in total. The minimum absolute atomic E-state index is 0.101. The number of nitrogens with one attached hydrogen (secondary N) is 1. The molecule has 0 aliphatic carbocycles. The third kappa shape index (κ3) is 6.95. The third-order valence-corrected chi connectivity index (χ3v) is 1.10. The maximum Gasteiger partial charge on any atom is 0.245 e. The SMILES string of the molecule is CN=C/C=C\COCC(=O)NC. The van der Waals surface area contributed by atoms with Gasteiger partial charge in [0.25, 0.3) is 0 Å². The van der Waals surface area contributed by atoms with Crippen molar-refractivity contribution in [1.29, 1.82) is 0 Å². The van der Waals surface area contributed by atoms with E-state index in [-0.39, 0.29) is 12.5 Å². The summed E-state index contributed by atoms with van der Waals surface area (Å²) < 4.78 is 4.97. The molecular weight excluding hydrogens is 156 g/mol. The zero-order chi connectivity index (χ0) is 9.23. The van der Waals surface area contributed by atoms with Crippen LogP contribution in [0.4, 0.5) is 0 Å². The molecule has 0 aromatic rings. The van der Waals surface area contributed by atoms with Crippen molar-refractivity contribution in [3.05, 3.63) is 12.2 Å². The standard InChI is InChI=1S/C8H14N2O2/c1-9-5-3-4-6-12-7-8(11)10-2/h3-5H,6-7H2,1-2H3,(H,10,11)/b4-3-,9-5?. The number of hydrogen-bond acceptors (Lipinski definition) is 3. The second kappa shape index (κ2) is 7.94. The predicted molar refractivity (Wildman–Crippen MR) is 48.4 cm³/mol.